The minimum atomic E-state index is -0.171. The van der Waals surface area contributed by atoms with Gasteiger partial charge in [0, 0.05) is 12.6 Å². The average Bonchev–Trinajstić information content (AvgIpc) is 2.37. The summed E-state index contributed by atoms with van der Waals surface area (Å²) in [6.45, 7) is 0. The molecule has 0 N–H and O–H groups in total. The predicted octanol–water partition coefficient (Wildman–Crippen LogP) is 1.27. The summed E-state index contributed by atoms with van der Waals surface area (Å²) in [6, 6.07) is 5.39. The average molecular weight is 239 g/mol. The Morgan fingerprint density at radius 3 is 2.12 bits per heavy atom. The van der Waals surface area contributed by atoms with Crippen molar-refractivity contribution in [2.24, 2.45) is 0 Å². The Balaban J connectivity index is 2.99. The van der Waals surface area contributed by atoms with Gasteiger partial charge in [-0.15, -0.1) is 0 Å². The number of ether oxygens (including phenoxy) is 2. The van der Waals surface area contributed by atoms with Crippen molar-refractivity contribution < 1.29 is 19.1 Å². The topological polar surface area (TPSA) is 48.0 Å². The third-order valence-corrected chi connectivity index (χ3v) is 2.48. The number of carbonyl (C=O) groups is 1. The summed E-state index contributed by atoms with van der Waals surface area (Å²) in [5.74, 6) is 1.08. The molecule has 0 aromatic heterocycles. The molecule has 0 radical (unpaired) electrons. The minimum Gasteiger partial charge on any atom is -0.496 e. The fourth-order valence-corrected chi connectivity index (χ4v) is 1.47. The van der Waals surface area contributed by atoms with Crippen LogP contribution < -0.4 is 9.47 Å². The highest BCUT2D eigenvalue weighted by Crippen LogP contribution is 2.28. The lowest BCUT2D eigenvalue weighted by molar-refractivity contribution is -0.167. The summed E-state index contributed by atoms with van der Waals surface area (Å²) < 4.78 is 10.4. The molecule has 5 heteroatoms. The molecule has 0 heterocycles. The number of hydroxylamine groups is 2. The number of hydrogen-bond acceptors (Lipinski definition) is 4. The predicted molar refractivity (Wildman–Crippen MR) is 63.0 cm³/mol. The summed E-state index contributed by atoms with van der Waals surface area (Å²) in [7, 11) is 6.12. The van der Waals surface area contributed by atoms with Crippen LogP contribution in [0.1, 0.15) is 5.56 Å². The summed E-state index contributed by atoms with van der Waals surface area (Å²) in [6.07, 6.45) is 0.164. The third-order valence-electron chi connectivity index (χ3n) is 2.48. The van der Waals surface area contributed by atoms with Crippen molar-refractivity contribution in [3.05, 3.63) is 23.8 Å². The molecule has 94 valence electrons. The van der Waals surface area contributed by atoms with Gasteiger partial charge in [0.1, 0.15) is 11.5 Å². The number of amides is 1. The maximum Gasteiger partial charge on any atom is 0.250 e. The van der Waals surface area contributed by atoms with Gasteiger partial charge >= 0.3 is 0 Å². The van der Waals surface area contributed by atoms with Gasteiger partial charge in [0.25, 0.3) is 5.91 Å². The molecule has 17 heavy (non-hydrogen) atoms. The van der Waals surface area contributed by atoms with Crippen LogP contribution in [0.3, 0.4) is 0 Å². The van der Waals surface area contributed by atoms with Crippen LogP contribution in [-0.4, -0.2) is 39.3 Å². The molecule has 0 saturated carbocycles. The van der Waals surface area contributed by atoms with E-state index in [0.717, 1.165) is 0 Å². The van der Waals surface area contributed by atoms with E-state index in [2.05, 4.69) is 0 Å². The Morgan fingerprint density at radius 2 is 1.71 bits per heavy atom. The second-order valence-corrected chi connectivity index (χ2v) is 3.39. The summed E-state index contributed by atoms with van der Waals surface area (Å²) in [4.78, 5) is 16.6. The van der Waals surface area contributed by atoms with E-state index in [4.69, 9.17) is 14.3 Å². The third kappa shape index (κ3) is 3.10. The van der Waals surface area contributed by atoms with E-state index in [-0.39, 0.29) is 12.3 Å². The summed E-state index contributed by atoms with van der Waals surface area (Å²) >= 11 is 0. The van der Waals surface area contributed by atoms with Gasteiger partial charge in [-0.3, -0.25) is 9.63 Å². The standard InChI is InChI=1S/C12H17NO4/c1-13(17-4)12(14)8-9-10(15-2)6-5-7-11(9)16-3/h5-7H,8H2,1-4H3. The summed E-state index contributed by atoms with van der Waals surface area (Å²) in [5, 5.41) is 1.17. The van der Waals surface area contributed by atoms with Gasteiger partial charge in [-0.2, -0.15) is 0 Å². The number of carbonyl (C=O) groups excluding carboxylic acids is 1. The maximum absolute atomic E-state index is 11.8. The Labute approximate surface area is 101 Å². The Kier molecular flexibility index (Phi) is 4.78. The zero-order valence-electron chi connectivity index (χ0n) is 10.5. The van der Waals surface area contributed by atoms with Crippen molar-refractivity contribution in [3.63, 3.8) is 0 Å². The van der Waals surface area contributed by atoms with Crippen LogP contribution in [0.25, 0.3) is 0 Å². The van der Waals surface area contributed by atoms with Crippen molar-refractivity contribution in [1.29, 1.82) is 0 Å². The smallest absolute Gasteiger partial charge is 0.250 e. The van der Waals surface area contributed by atoms with Gasteiger partial charge in [0.2, 0.25) is 0 Å². The first-order valence-corrected chi connectivity index (χ1v) is 5.14. The van der Waals surface area contributed by atoms with Crippen molar-refractivity contribution in [1.82, 2.24) is 5.06 Å². The van der Waals surface area contributed by atoms with Crippen LogP contribution >= 0.6 is 0 Å². The first kappa shape index (κ1) is 13.3. The molecule has 0 bridgehead atoms. The number of hydrogen-bond donors (Lipinski definition) is 0. The van der Waals surface area contributed by atoms with E-state index in [1.807, 2.05) is 6.07 Å². The fourth-order valence-electron chi connectivity index (χ4n) is 1.47. The monoisotopic (exact) mass is 239 g/mol. The van der Waals surface area contributed by atoms with Gasteiger partial charge in [-0.05, 0) is 12.1 Å². The molecule has 0 saturated heterocycles. The zero-order chi connectivity index (χ0) is 12.8. The van der Waals surface area contributed by atoms with E-state index in [1.165, 1.54) is 12.2 Å². The van der Waals surface area contributed by atoms with Crippen LogP contribution in [0.15, 0.2) is 18.2 Å². The van der Waals surface area contributed by atoms with E-state index in [0.29, 0.717) is 17.1 Å². The van der Waals surface area contributed by atoms with Crippen molar-refractivity contribution in [3.8, 4) is 11.5 Å². The van der Waals surface area contributed by atoms with Crippen molar-refractivity contribution in [2.75, 3.05) is 28.4 Å². The fraction of sp³-hybridized carbons (Fsp3) is 0.417. The number of likely N-dealkylation sites (N-methyl/N-ethyl adjacent to an activating group) is 1. The van der Waals surface area contributed by atoms with Gasteiger partial charge in [0.05, 0.1) is 27.8 Å². The number of nitrogens with zero attached hydrogens (tertiary/aromatic N) is 1. The number of rotatable bonds is 5. The van der Waals surface area contributed by atoms with E-state index >= 15 is 0 Å². The molecule has 1 aromatic rings. The molecule has 0 spiro atoms. The SMILES string of the molecule is COc1cccc(OC)c1CC(=O)N(C)OC. The largest absolute Gasteiger partial charge is 0.496 e. The molecule has 5 nitrogen and oxygen atoms in total. The van der Waals surface area contributed by atoms with Crippen LogP contribution in [0.5, 0.6) is 11.5 Å². The number of benzene rings is 1. The molecule has 0 aliphatic carbocycles. The lowest BCUT2D eigenvalue weighted by Crippen LogP contribution is -2.27. The molecule has 1 rings (SSSR count). The maximum atomic E-state index is 11.8. The highest BCUT2D eigenvalue weighted by molar-refractivity contribution is 5.79. The molecular weight excluding hydrogens is 222 g/mol. The van der Waals surface area contributed by atoms with Gasteiger partial charge in [-0.25, -0.2) is 5.06 Å². The van der Waals surface area contributed by atoms with Gasteiger partial charge in [0.15, 0.2) is 0 Å². The van der Waals surface area contributed by atoms with Gasteiger partial charge < -0.3 is 9.47 Å². The summed E-state index contributed by atoms with van der Waals surface area (Å²) in [5.41, 5.74) is 0.714. The van der Waals surface area contributed by atoms with Crippen LogP contribution in [0, 0.1) is 0 Å². The highest BCUT2D eigenvalue weighted by atomic mass is 16.7. The van der Waals surface area contributed by atoms with Crippen LogP contribution in [0.4, 0.5) is 0 Å². The minimum absolute atomic E-state index is 0.164. The Morgan fingerprint density at radius 1 is 1.18 bits per heavy atom. The molecule has 0 fully saturated rings. The normalized spacial score (nSPS) is 9.88. The Hall–Kier alpha value is -1.75. The molecule has 0 unspecified atom stereocenters. The lowest BCUT2D eigenvalue weighted by Gasteiger charge is -2.16. The second kappa shape index (κ2) is 6.10. The quantitative estimate of drug-likeness (QED) is 0.726. The van der Waals surface area contributed by atoms with Crippen molar-refractivity contribution >= 4 is 5.91 Å². The van der Waals surface area contributed by atoms with Crippen molar-refractivity contribution in [2.45, 2.75) is 6.42 Å². The lowest BCUT2D eigenvalue weighted by atomic mass is 10.1. The Bertz CT molecular complexity index is 370. The number of methoxy groups -OCH3 is 2. The first-order chi connectivity index (χ1) is 8.13. The molecule has 0 aliphatic heterocycles. The van der Waals surface area contributed by atoms with Gasteiger partial charge in [-0.1, -0.05) is 6.07 Å². The molecule has 1 amide bonds. The molecular formula is C12H17NO4. The highest BCUT2D eigenvalue weighted by Gasteiger charge is 2.16. The van der Waals surface area contributed by atoms with Crippen LogP contribution in [0.2, 0.25) is 0 Å². The van der Waals surface area contributed by atoms with E-state index in [9.17, 15) is 4.79 Å². The van der Waals surface area contributed by atoms with Crippen LogP contribution in [-0.2, 0) is 16.1 Å². The van der Waals surface area contributed by atoms with E-state index < -0.39 is 0 Å². The van der Waals surface area contributed by atoms with E-state index in [1.54, 1.807) is 33.4 Å². The molecule has 1 aromatic carbocycles. The molecule has 0 aliphatic rings. The first-order valence-electron chi connectivity index (χ1n) is 5.14. The molecule has 0 atom stereocenters. The zero-order valence-corrected chi connectivity index (χ0v) is 10.5. The second-order valence-electron chi connectivity index (χ2n) is 3.39.